The van der Waals surface area contributed by atoms with Gasteiger partial charge in [0.05, 0.1) is 6.54 Å². The molecule has 1 aromatic rings. The van der Waals surface area contributed by atoms with Crippen LogP contribution in [0.25, 0.3) is 0 Å². The molecule has 0 aliphatic rings. The van der Waals surface area contributed by atoms with Gasteiger partial charge >= 0.3 is 0 Å². The maximum atomic E-state index is 13.6. The van der Waals surface area contributed by atoms with Gasteiger partial charge in [-0.25, -0.2) is 4.39 Å². The first-order chi connectivity index (χ1) is 10.2. The van der Waals surface area contributed by atoms with Gasteiger partial charge in [0, 0.05) is 18.7 Å². The predicted molar refractivity (Wildman–Crippen MR) is 100 cm³/mol. The minimum absolute atomic E-state index is 0. The monoisotopic (exact) mass is 423 g/mol. The van der Waals surface area contributed by atoms with Crippen molar-refractivity contribution in [2.45, 2.75) is 39.2 Å². The van der Waals surface area contributed by atoms with Gasteiger partial charge in [-0.15, -0.1) is 24.0 Å². The second kappa shape index (κ2) is 12.6. The van der Waals surface area contributed by atoms with Gasteiger partial charge in [-0.2, -0.15) is 0 Å². The highest BCUT2D eigenvalue weighted by Crippen LogP contribution is 2.16. The summed E-state index contributed by atoms with van der Waals surface area (Å²) in [6.07, 6.45) is 2.49. The Morgan fingerprint density at radius 1 is 1.23 bits per heavy atom. The molecule has 0 fully saturated rings. The molecule has 3 N–H and O–H groups in total. The van der Waals surface area contributed by atoms with Gasteiger partial charge in [0.2, 0.25) is 0 Å². The third-order valence-corrected chi connectivity index (χ3v) is 3.10. The molecule has 1 rings (SSSR count). The Bertz CT molecular complexity index is 443. The number of guanidine groups is 1. The molecule has 1 unspecified atom stereocenters. The lowest BCUT2D eigenvalue weighted by molar-refractivity contribution is 0.182. The van der Waals surface area contributed by atoms with Crippen molar-refractivity contribution in [1.82, 2.24) is 10.6 Å². The first-order valence-electron chi connectivity index (χ1n) is 7.63. The Morgan fingerprint density at radius 2 is 1.95 bits per heavy atom. The fourth-order valence-electron chi connectivity index (χ4n) is 1.94. The fourth-order valence-corrected chi connectivity index (χ4v) is 1.94. The summed E-state index contributed by atoms with van der Waals surface area (Å²) in [5, 5.41) is 16.4. The molecule has 1 atom stereocenters. The molecular weight excluding hydrogens is 396 g/mol. The van der Waals surface area contributed by atoms with Crippen LogP contribution in [0.5, 0.6) is 0 Å². The number of rotatable bonds is 8. The third-order valence-electron chi connectivity index (χ3n) is 3.10. The number of aliphatic hydroxyl groups is 1. The second-order valence-electron chi connectivity index (χ2n) is 4.89. The highest BCUT2D eigenvalue weighted by Gasteiger charge is 2.11. The number of nitrogens with one attached hydrogen (secondary N) is 2. The maximum absolute atomic E-state index is 13.6. The largest absolute Gasteiger partial charge is 0.386 e. The standard InChI is InChI=1S/C16H26FN3O.HI/c1-3-5-8-11-19-16(18-4-2)20-12-15(21)13-9-6-7-10-14(13)17;/h6-7,9-10,15,21H,3-5,8,11-12H2,1-2H3,(H2,18,19,20);1H. The molecule has 0 aromatic heterocycles. The molecule has 1 aromatic carbocycles. The van der Waals surface area contributed by atoms with E-state index >= 15 is 0 Å². The lowest BCUT2D eigenvalue weighted by Gasteiger charge is -2.13. The van der Waals surface area contributed by atoms with E-state index in [0.29, 0.717) is 5.96 Å². The molecule has 0 saturated carbocycles. The van der Waals surface area contributed by atoms with Gasteiger partial charge in [-0.05, 0) is 19.4 Å². The van der Waals surface area contributed by atoms with E-state index in [0.717, 1.165) is 19.5 Å². The van der Waals surface area contributed by atoms with Crippen molar-refractivity contribution < 1.29 is 9.50 Å². The van der Waals surface area contributed by atoms with Crippen LogP contribution in [-0.2, 0) is 0 Å². The van der Waals surface area contributed by atoms with Gasteiger partial charge in [0.15, 0.2) is 5.96 Å². The van der Waals surface area contributed by atoms with E-state index < -0.39 is 11.9 Å². The zero-order chi connectivity index (χ0) is 15.5. The van der Waals surface area contributed by atoms with Crippen LogP contribution in [-0.4, -0.2) is 30.7 Å². The summed E-state index contributed by atoms with van der Waals surface area (Å²) in [5.41, 5.74) is 0.281. The maximum Gasteiger partial charge on any atom is 0.191 e. The van der Waals surface area contributed by atoms with Crippen molar-refractivity contribution in [3.05, 3.63) is 35.6 Å². The average Bonchev–Trinajstić information content (AvgIpc) is 2.49. The number of halogens is 2. The summed E-state index contributed by atoms with van der Waals surface area (Å²) >= 11 is 0. The van der Waals surface area contributed by atoms with E-state index in [9.17, 15) is 9.50 Å². The number of aliphatic imine (C=N–C) groups is 1. The van der Waals surface area contributed by atoms with Crippen LogP contribution in [0.3, 0.4) is 0 Å². The Balaban J connectivity index is 0.00000441. The van der Waals surface area contributed by atoms with Crippen LogP contribution in [0.2, 0.25) is 0 Å². The highest BCUT2D eigenvalue weighted by atomic mass is 127. The van der Waals surface area contributed by atoms with Crippen LogP contribution in [0.1, 0.15) is 44.8 Å². The molecule has 22 heavy (non-hydrogen) atoms. The number of nitrogens with zero attached hydrogens (tertiary/aromatic N) is 1. The Morgan fingerprint density at radius 3 is 2.59 bits per heavy atom. The van der Waals surface area contributed by atoms with E-state index in [4.69, 9.17) is 0 Å². The number of aliphatic hydroxyl groups excluding tert-OH is 1. The molecule has 6 heteroatoms. The summed E-state index contributed by atoms with van der Waals surface area (Å²) in [6.45, 7) is 5.86. The van der Waals surface area contributed by atoms with Crippen LogP contribution < -0.4 is 10.6 Å². The molecule has 126 valence electrons. The first kappa shape index (κ1) is 21.1. The average molecular weight is 423 g/mol. The first-order valence-corrected chi connectivity index (χ1v) is 7.63. The zero-order valence-electron chi connectivity index (χ0n) is 13.3. The predicted octanol–water partition coefficient (Wildman–Crippen LogP) is 3.22. The topological polar surface area (TPSA) is 56.7 Å². The quantitative estimate of drug-likeness (QED) is 0.261. The summed E-state index contributed by atoms with van der Waals surface area (Å²) in [5.74, 6) is 0.255. The van der Waals surface area contributed by atoms with Gasteiger partial charge in [-0.3, -0.25) is 4.99 Å². The number of unbranched alkanes of at least 4 members (excludes halogenated alkanes) is 2. The van der Waals surface area contributed by atoms with Gasteiger partial charge in [0.1, 0.15) is 11.9 Å². The molecule has 0 saturated heterocycles. The Kier molecular flexibility index (Phi) is 12.1. The van der Waals surface area contributed by atoms with Crippen LogP contribution in [0.15, 0.2) is 29.3 Å². The highest BCUT2D eigenvalue weighted by molar-refractivity contribution is 14.0. The van der Waals surface area contributed by atoms with E-state index in [1.807, 2.05) is 6.92 Å². The van der Waals surface area contributed by atoms with Crippen molar-refractivity contribution in [1.29, 1.82) is 0 Å². The van der Waals surface area contributed by atoms with Crippen molar-refractivity contribution >= 4 is 29.9 Å². The zero-order valence-corrected chi connectivity index (χ0v) is 15.6. The molecule has 0 amide bonds. The molecule has 4 nitrogen and oxygen atoms in total. The van der Waals surface area contributed by atoms with Crippen LogP contribution in [0.4, 0.5) is 4.39 Å². The molecule has 0 heterocycles. The normalized spacial score (nSPS) is 12.5. The summed E-state index contributed by atoms with van der Waals surface area (Å²) < 4.78 is 13.6. The fraction of sp³-hybridized carbons (Fsp3) is 0.562. The van der Waals surface area contributed by atoms with E-state index in [2.05, 4.69) is 22.5 Å². The summed E-state index contributed by atoms with van der Waals surface area (Å²) in [7, 11) is 0. The molecular formula is C16H27FIN3O. The van der Waals surface area contributed by atoms with Gasteiger partial charge < -0.3 is 15.7 Å². The lowest BCUT2D eigenvalue weighted by Crippen LogP contribution is -2.38. The molecule has 0 spiro atoms. The van der Waals surface area contributed by atoms with Crippen molar-refractivity contribution in [3.8, 4) is 0 Å². The number of hydrogen-bond acceptors (Lipinski definition) is 2. The molecule has 0 bridgehead atoms. The van der Waals surface area contributed by atoms with Crippen molar-refractivity contribution in [3.63, 3.8) is 0 Å². The van der Waals surface area contributed by atoms with E-state index in [1.54, 1.807) is 18.2 Å². The minimum atomic E-state index is -0.933. The smallest absolute Gasteiger partial charge is 0.191 e. The van der Waals surface area contributed by atoms with Crippen molar-refractivity contribution in [2.24, 2.45) is 4.99 Å². The van der Waals surface area contributed by atoms with Crippen LogP contribution >= 0.6 is 24.0 Å². The molecule has 0 aliphatic heterocycles. The van der Waals surface area contributed by atoms with E-state index in [-0.39, 0.29) is 36.1 Å². The van der Waals surface area contributed by atoms with E-state index in [1.165, 1.54) is 18.9 Å². The SMILES string of the molecule is CCCCCNC(=NCC(O)c1ccccc1F)NCC.I. The van der Waals surface area contributed by atoms with Gasteiger partial charge in [-0.1, -0.05) is 38.0 Å². The lowest BCUT2D eigenvalue weighted by atomic mass is 10.1. The van der Waals surface area contributed by atoms with Crippen LogP contribution in [0, 0.1) is 5.82 Å². The summed E-state index contributed by atoms with van der Waals surface area (Å²) in [4.78, 5) is 4.31. The minimum Gasteiger partial charge on any atom is -0.386 e. The number of benzene rings is 1. The van der Waals surface area contributed by atoms with Crippen molar-refractivity contribution in [2.75, 3.05) is 19.6 Å². The second-order valence-corrected chi connectivity index (χ2v) is 4.89. The summed E-state index contributed by atoms with van der Waals surface area (Å²) in [6, 6.07) is 6.24. The molecule has 0 radical (unpaired) electrons. The Hall–Kier alpha value is -0.890. The number of hydrogen-bond donors (Lipinski definition) is 3. The van der Waals surface area contributed by atoms with Gasteiger partial charge in [0.25, 0.3) is 0 Å². The molecule has 0 aliphatic carbocycles. The third kappa shape index (κ3) is 7.93. The Labute approximate surface area is 149 Å².